The molecule has 0 amide bonds. The van der Waals surface area contributed by atoms with Crippen LogP contribution in [0.4, 0.5) is 5.69 Å². The molecule has 0 saturated carbocycles. The number of hydrogen-bond acceptors (Lipinski definition) is 5. The molecule has 0 unspecified atom stereocenters. The summed E-state index contributed by atoms with van der Waals surface area (Å²) in [7, 11) is 0. The van der Waals surface area contributed by atoms with E-state index in [4.69, 9.17) is 0 Å². The Balaban J connectivity index is 2.90. The SMILES string of the molecule is C=C(C)C(=O)OC(=O)c1cccc([N+](=O)[O-])c1. The Bertz CT molecular complexity index is 506. The Labute approximate surface area is 96.7 Å². The van der Waals surface area contributed by atoms with E-state index in [2.05, 4.69) is 11.3 Å². The van der Waals surface area contributed by atoms with Crippen molar-refractivity contribution in [3.8, 4) is 0 Å². The third-order valence-corrected chi connectivity index (χ3v) is 1.83. The molecule has 88 valence electrons. The number of nitro benzene ring substituents is 1. The van der Waals surface area contributed by atoms with E-state index in [1.165, 1.54) is 25.1 Å². The highest BCUT2D eigenvalue weighted by atomic mass is 16.6. The number of hydrogen-bond donors (Lipinski definition) is 0. The molecular weight excluding hydrogens is 226 g/mol. The summed E-state index contributed by atoms with van der Waals surface area (Å²) in [6, 6.07) is 4.92. The average molecular weight is 235 g/mol. The molecule has 6 nitrogen and oxygen atoms in total. The zero-order valence-corrected chi connectivity index (χ0v) is 9.00. The average Bonchev–Trinajstić information content (AvgIpc) is 2.28. The first-order valence-corrected chi connectivity index (χ1v) is 4.58. The van der Waals surface area contributed by atoms with Crippen LogP contribution in [0.5, 0.6) is 0 Å². The first kappa shape index (κ1) is 12.6. The predicted molar refractivity (Wildman–Crippen MR) is 58.3 cm³/mol. The molecule has 17 heavy (non-hydrogen) atoms. The Morgan fingerprint density at radius 2 is 2.06 bits per heavy atom. The molecule has 0 bridgehead atoms. The van der Waals surface area contributed by atoms with Crippen LogP contribution >= 0.6 is 0 Å². The molecule has 1 aromatic rings. The lowest BCUT2D eigenvalue weighted by Crippen LogP contribution is -2.13. The van der Waals surface area contributed by atoms with Gasteiger partial charge in [-0.1, -0.05) is 12.6 Å². The first-order valence-electron chi connectivity index (χ1n) is 4.58. The minimum atomic E-state index is -0.943. The largest absolute Gasteiger partial charge is 0.386 e. The summed E-state index contributed by atoms with van der Waals surface area (Å²) in [5.74, 6) is -1.80. The van der Waals surface area contributed by atoms with Gasteiger partial charge in [0.05, 0.1) is 10.5 Å². The molecule has 1 aromatic carbocycles. The van der Waals surface area contributed by atoms with Gasteiger partial charge in [-0.05, 0) is 13.0 Å². The van der Waals surface area contributed by atoms with E-state index in [9.17, 15) is 19.7 Å². The van der Waals surface area contributed by atoms with Gasteiger partial charge in [0, 0.05) is 17.7 Å². The number of ether oxygens (including phenoxy) is 1. The van der Waals surface area contributed by atoms with Crippen molar-refractivity contribution >= 4 is 17.6 Å². The molecule has 1 rings (SSSR count). The van der Waals surface area contributed by atoms with Crippen LogP contribution in [0.2, 0.25) is 0 Å². The smallest absolute Gasteiger partial charge is 0.346 e. The Hall–Kier alpha value is -2.50. The highest BCUT2D eigenvalue weighted by Gasteiger charge is 2.16. The number of nitro groups is 1. The topological polar surface area (TPSA) is 86.5 Å². The molecule has 0 fully saturated rings. The maximum Gasteiger partial charge on any atom is 0.346 e. The second-order valence-corrected chi connectivity index (χ2v) is 3.26. The van der Waals surface area contributed by atoms with E-state index in [-0.39, 0.29) is 16.8 Å². The van der Waals surface area contributed by atoms with Gasteiger partial charge in [0.2, 0.25) is 0 Å². The zero-order chi connectivity index (χ0) is 13.0. The Kier molecular flexibility index (Phi) is 3.71. The van der Waals surface area contributed by atoms with Gasteiger partial charge in [0.1, 0.15) is 0 Å². The molecule has 6 heteroatoms. The van der Waals surface area contributed by atoms with Crippen molar-refractivity contribution in [2.24, 2.45) is 0 Å². The van der Waals surface area contributed by atoms with Gasteiger partial charge in [0.25, 0.3) is 5.69 Å². The molecule has 0 saturated heterocycles. The van der Waals surface area contributed by atoms with Crippen molar-refractivity contribution in [1.82, 2.24) is 0 Å². The lowest BCUT2D eigenvalue weighted by molar-refractivity contribution is -0.384. The molecule has 0 aliphatic rings. The van der Waals surface area contributed by atoms with Gasteiger partial charge in [0.15, 0.2) is 0 Å². The maximum atomic E-state index is 11.4. The van der Waals surface area contributed by atoms with Gasteiger partial charge < -0.3 is 4.74 Å². The van der Waals surface area contributed by atoms with Crippen LogP contribution in [0.3, 0.4) is 0 Å². The lowest BCUT2D eigenvalue weighted by Gasteiger charge is -2.01. The summed E-state index contributed by atoms with van der Waals surface area (Å²) in [4.78, 5) is 32.3. The minimum absolute atomic E-state index is 0.0613. The number of nitrogens with zero attached hydrogens (tertiary/aromatic N) is 1. The fourth-order valence-corrected chi connectivity index (χ4v) is 0.977. The number of rotatable bonds is 3. The summed E-state index contributed by atoms with van der Waals surface area (Å²) in [6.07, 6.45) is 0. The number of benzene rings is 1. The fraction of sp³-hybridized carbons (Fsp3) is 0.0909. The number of non-ortho nitro benzene ring substituents is 1. The molecule has 0 aliphatic heterocycles. The number of carbonyl (C=O) groups excluding carboxylic acids is 2. The van der Waals surface area contributed by atoms with Crippen molar-refractivity contribution in [2.45, 2.75) is 6.92 Å². The van der Waals surface area contributed by atoms with Crippen molar-refractivity contribution in [2.75, 3.05) is 0 Å². The van der Waals surface area contributed by atoms with E-state index >= 15 is 0 Å². The molecule has 0 aliphatic carbocycles. The number of carbonyl (C=O) groups is 2. The Morgan fingerprint density at radius 1 is 1.41 bits per heavy atom. The summed E-state index contributed by atoms with van der Waals surface area (Å²) >= 11 is 0. The Morgan fingerprint density at radius 3 is 2.59 bits per heavy atom. The third kappa shape index (κ3) is 3.23. The van der Waals surface area contributed by atoms with E-state index in [1.54, 1.807) is 0 Å². The monoisotopic (exact) mass is 235 g/mol. The van der Waals surface area contributed by atoms with E-state index < -0.39 is 16.9 Å². The summed E-state index contributed by atoms with van der Waals surface area (Å²) in [6.45, 7) is 4.70. The molecule has 0 aromatic heterocycles. The van der Waals surface area contributed by atoms with Gasteiger partial charge in [-0.3, -0.25) is 10.1 Å². The van der Waals surface area contributed by atoms with Crippen molar-refractivity contribution < 1.29 is 19.2 Å². The van der Waals surface area contributed by atoms with Crippen molar-refractivity contribution in [3.05, 3.63) is 52.1 Å². The van der Waals surface area contributed by atoms with E-state index in [1.807, 2.05) is 0 Å². The minimum Gasteiger partial charge on any atom is -0.386 e. The van der Waals surface area contributed by atoms with Crippen LogP contribution in [0, 0.1) is 10.1 Å². The zero-order valence-electron chi connectivity index (χ0n) is 9.00. The van der Waals surface area contributed by atoms with Gasteiger partial charge in [-0.2, -0.15) is 0 Å². The number of esters is 2. The normalized spacial score (nSPS) is 9.47. The predicted octanol–water partition coefficient (Wildman–Crippen LogP) is 1.85. The van der Waals surface area contributed by atoms with E-state index in [0.29, 0.717) is 0 Å². The maximum absolute atomic E-state index is 11.4. The van der Waals surface area contributed by atoms with Crippen LogP contribution in [-0.4, -0.2) is 16.9 Å². The lowest BCUT2D eigenvalue weighted by atomic mass is 10.2. The quantitative estimate of drug-likeness (QED) is 0.262. The van der Waals surface area contributed by atoms with E-state index in [0.717, 1.165) is 6.07 Å². The van der Waals surface area contributed by atoms with Gasteiger partial charge in [-0.25, -0.2) is 9.59 Å². The third-order valence-electron chi connectivity index (χ3n) is 1.83. The molecule has 0 N–H and O–H groups in total. The standard InChI is InChI=1S/C11H9NO5/c1-7(2)10(13)17-11(14)8-4-3-5-9(6-8)12(15)16/h3-6H,1H2,2H3. The fourth-order valence-electron chi connectivity index (χ4n) is 0.977. The van der Waals surface area contributed by atoms with Gasteiger partial charge >= 0.3 is 11.9 Å². The highest BCUT2D eigenvalue weighted by molar-refractivity contribution is 6.01. The second-order valence-electron chi connectivity index (χ2n) is 3.26. The summed E-state index contributed by atoms with van der Waals surface area (Å²) in [5.41, 5.74) is -0.236. The van der Waals surface area contributed by atoms with Crippen LogP contribution < -0.4 is 0 Å². The van der Waals surface area contributed by atoms with Gasteiger partial charge in [-0.15, -0.1) is 0 Å². The van der Waals surface area contributed by atoms with Crippen LogP contribution in [0.1, 0.15) is 17.3 Å². The molecule has 0 heterocycles. The molecular formula is C11H9NO5. The molecule has 0 atom stereocenters. The highest BCUT2D eigenvalue weighted by Crippen LogP contribution is 2.14. The van der Waals surface area contributed by atoms with Crippen LogP contribution in [0.15, 0.2) is 36.4 Å². The summed E-state index contributed by atoms with van der Waals surface area (Å²) in [5, 5.41) is 10.5. The molecule has 0 radical (unpaired) electrons. The first-order chi connectivity index (χ1) is 7.91. The van der Waals surface area contributed by atoms with Crippen LogP contribution in [-0.2, 0) is 9.53 Å². The molecule has 0 spiro atoms. The second kappa shape index (κ2) is 5.02. The van der Waals surface area contributed by atoms with Crippen molar-refractivity contribution in [1.29, 1.82) is 0 Å². The van der Waals surface area contributed by atoms with Crippen molar-refractivity contribution in [3.63, 3.8) is 0 Å². The summed E-state index contributed by atoms with van der Waals surface area (Å²) < 4.78 is 4.43. The van der Waals surface area contributed by atoms with Crippen LogP contribution in [0.25, 0.3) is 0 Å².